The summed E-state index contributed by atoms with van der Waals surface area (Å²) in [6, 6.07) is 3.67. The summed E-state index contributed by atoms with van der Waals surface area (Å²) >= 11 is 0.675. The molecule has 0 aliphatic rings. The first-order valence-electron chi connectivity index (χ1n) is 2.61. The highest BCUT2D eigenvalue weighted by Crippen LogP contribution is 2.24. The third kappa shape index (κ3) is 2.17. The molecule has 0 saturated heterocycles. The van der Waals surface area contributed by atoms with E-state index in [9.17, 15) is 0 Å². The van der Waals surface area contributed by atoms with Gasteiger partial charge in [-0.3, -0.25) is 0 Å². The Hall–Kier alpha value is -0.260. The van der Waals surface area contributed by atoms with Crippen LogP contribution in [0, 0.1) is 6.92 Å². The Labute approximate surface area is 66.9 Å². The number of aromatic nitrogens is 2. The lowest BCUT2D eigenvalue weighted by Crippen LogP contribution is -1.85. The topological polar surface area (TPSA) is 46.0 Å². The Morgan fingerprint density at radius 2 is 2.20 bits per heavy atom. The normalized spacial score (nSPS) is 9.80. The van der Waals surface area contributed by atoms with Crippen molar-refractivity contribution >= 4 is 21.9 Å². The van der Waals surface area contributed by atoms with Crippen LogP contribution in [-0.4, -0.2) is 14.8 Å². The molecule has 0 aliphatic carbocycles. The second-order valence-electron chi connectivity index (χ2n) is 1.67. The maximum absolute atomic E-state index is 8.40. The maximum atomic E-state index is 8.40. The standard InChI is InChI=1S/C5H6N2OS2/c1-4-2-3-5(7-6-4)9-10-8/h2-3,8H,1H3. The summed E-state index contributed by atoms with van der Waals surface area (Å²) in [5.74, 6) is 0. The Kier molecular flexibility index (Phi) is 2.98. The van der Waals surface area contributed by atoms with Crippen LogP contribution in [-0.2, 0) is 0 Å². The van der Waals surface area contributed by atoms with Gasteiger partial charge in [0.15, 0.2) is 0 Å². The molecule has 0 aromatic carbocycles. The summed E-state index contributed by atoms with van der Waals surface area (Å²) in [6.45, 7) is 1.87. The van der Waals surface area contributed by atoms with Crippen LogP contribution in [0.5, 0.6) is 0 Å². The minimum Gasteiger partial charge on any atom is -0.320 e. The van der Waals surface area contributed by atoms with Crippen molar-refractivity contribution in [2.75, 3.05) is 0 Å². The summed E-state index contributed by atoms with van der Waals surface area (Å²) in [5.41, 5.74) is 0.882. The van der Waals surface area contributed by atoms with Crippen molar-refractivity contribution in [3.63, 3.8) is 0 Å². The summed E-state index contributed by atoms with van der Waals surface area (Å²) in [5, 5.41) is 8.32. The minimum atomic E-state index is 0.675. The number of hydrogen-bond donors (Lipinski definition) is 1. The van der Waals surface area contributed by atoms with Crippen LogP contribution in [0.1, 0.15) is 5.69 Å². The molecule has 54 valence electrons. The number of rotatable bonds is 2. The second-order valence-corrected chi connectivity index (χ2v) is 3.35. The lowest BCUT2D eigenvalue weighted by atomic mass is 10.4. The molecule has 0 amide bonds. The monoisotopic (exact) mass is 174 g/mol. The average molecular weight is 174 g/mol. The predicted octanol–water partition coefficient (Wildman–Crippen LogP) is 2.00. The van der Waals surface area contributed by atoms with Gasteiger partial charge in [0, 0.05) is 0 Å². The lowest BCUT2D eigenvalue weighted by Gasteiger charge is -1.92. The fraction of sp³-hybridized carbons (Fsp3) is 0.200. The van der Waals surface area contributed by atoms with Crippen LogP contribution < -0.4 is 0 Å². The van der Waals surface area contributed by atoms with Crippen molar-refractivity contribution in [3.8, 4) is 0 Å². The van der Waals surface area contributed by atoms with Gasteiger partial charge in [0.25, 0.3) is 0 Å². The van der Waals surface area contributed by atoms with Crippen molar-refractivity contribution in [2.24, 2.45) is 0 Å². The molecule has 10 heavy (non-hydrogen) atoms. The van der Waals surface area contributed by atoms with E-state index in [-0.39, 0.29) is 0 Å². The molecule has 0 bridgehead atoms. The Balaban J connectivity index is 2.69. The van der Waals surface area contributed by atoms with Gasteiger partial charge in [-0.1, -0.05) is 0 Å². The molecule has 0 unspecified atom stereocenters. The molecule has 1 aromatic heterocycles. The van der Waals surface area contributed by atoms with Crippen molar-refractivity contribution in [2.45, 2.75) is 11.9 Å². The molecule has 1 rings (SSSR count). The molecule has 1 aromatic rings. The Bertz CT molecular complexity index is 201. The van der Waals surface area contributed by atoms with E-state index in [2.05, 4.69) is 10.2 Å². The van der Waals surface area contributed by atoms with E-state index in [1.54, 1.807) is 0 Å². The number of hydrogen-bond acceptors (Lipinski definition) is 5. The van der Waals surface area contributed by atoms with Crippen LogP contribution in [0.25, 0.3) is 0 Å². The summed E-state index contributed by atoms with van der Waals surface area (Å²) in [6.07, 6.45) is 0. The van der Waals surface area contributed by atoms with E-state index in [0.29, 0.717) is 11.1 Å². The molecule has 0 fully saturated rings. The smallest absolute Gasteiger partial charge is 0.131 e. The quantitative estimate of drug-likeness (QED) is 0.549. The molecule has 5 heteroatoms. The molecular weight excluding hydrogens is 168 g/mol. The first kappa shape index (κ1) is 7.84. The maximum Gasteiger partial charge on any atom is 0.131 e. The van der Waals surface area contributed by atoms with Gasteiger partial charge in [-0.2, -0.15) is 5.10 Å². The molecule has 0 atom stereocenters. The van der Waals surface area contributed by atoms with E-state index in [1.165, 1.54) is 10.8 Å². The molecule has 3 nitrogen and oxygen atoms in total. The highest BCUT2D eigenvalue weighted by molar-refractivity contribution is 8.74. The van der Waals surface area contributed by atoms with Gasteiger partial charge in [0.2, 0.25) is 0 Å². The zero-order valence-corrected chi connectivity index (χ0v) is 6.95. The molecule has 0 spiro atoms. The van der Waals surface area contributed by atoms with E-state index in [4.69, 9.17) is 4.55 Å². The molecule has 0 saturated carbocycles. The minimum absolute atomic E-state index is 0.675. The number of nitrogens with zero attached hydrogens (tertiary/aromatic N) is 2. The summed E-state index contributed by atoms with van der Waals surface area (Å²) < 4.78 is 8.40. The molecule has 0 aliphatic heterocycles. The summed E-state index contributed by atoms with van der Waals surface area (Å²) in [4.78, 5) is 0. The average Bonchev–Trinajstić information content (AvgIpc) is 1.95. The first-order chi connectivity index (χ1) is 4.83. The van der Waals surface area contributed by atoms with Crippen molar-refractivity contribution < 1.29 is 4.55 Å². The Morgan fingerprint density at radius 1 is 1.40 bits per heavy atom. The third-order valence-corrected chi connectivity index (χ3v) is 2.09. The second kappa shape index (κ2) is 3.80. The van der Waals surface area contributed by atoms with E-state index >= 15 is 0 Å². The van der Waals surface area contributed by atoms with Gasteiger partial charge >= 0.3 is 0 Å². The van der Waals surface area contributed by atoms with Gasteiger partial charge < -0.3 is 4.55 Å². The first-order valence-corrected chi connectivity index (χ1v) is 4.72. The molecule has 1 heterocycles. The van der Waals surface area contributed by atoms with Crippen LogP contribution in [0.3, 0.4) is 0 Å². The van der Waals surface area contributed by atoms with E-state index < -0.39 is 0 Å². The molecule has 0 radical (unpaired) electrons. The van der Waals surface area contributed by atoms with Crippen LogP contribution in [0.4, 0.5) is 0 Å². The zero-order chi connectivity index (χ0) is 7.40. The van der Waals surface area contributed by atoms with Gasteiger partial charge in [0.1, 0.15) is 5.03 Å². The van der Waals surface area contributed by atoms with Crippen LogP contribution in [0.2, 0.25) is 0 Å². The van der Waals surface area contributed by atoms with Gasteiger partial charge in [-0.25, -0.2) is 0 Å². The lowest BCUT2D eigenvalue weighted by molar-refractivity contribution is 0.676. The van der Waals surface area contributed by atoms with E-state index in [0.717, 1.165) is 10.7 Å². The SMILES string of the molecule is Cc1ccc(SSO)nn1. The third-order valence-electron chi connectivity index (χ3n) is 0.896. The fourth-order valence-corrected chi connectivity index (χ4v) is 1.24. The Morgan fingerprint density at radius 3 is 2.70 bits per heavy atom. The van der Waals surface area contributed by atoms with Gasteiger partial charge in [0.05, 0.1) is 16.8 Å². The fourth-order valence-electron chi connectivity index (χ4n) is 0.469. The van der Waals surface area contributed by atoms with Crippen molar-refractivity contribution in [3.05, 3.63) is 17.8 Å². The largest absolute Gasteiger partial charge is 0.320 e. The molecular formula is C5H6N2OS2. The van der Waals surface area contributed by atoms with Crippen LogP contribution >= 0.6 is 21.9 Å². The van der Waals surface area contributed by atoms with Crippen molar-refractivity contribution in [1.82, 2.24) is 10.2 Å². The van der Waals surface area contributed by atoms with Crippen molar-refractivity contribution in [1.29, 1.82) is 0 Å². The van der Waals surface area contributed by atoms with E-state index in [1.807, 2.05) is 19.1 Å². The van der Waals surface area contributed by atoms with Gasteiger partial charge in [-0.05, 0) is 29.9 Å². The highest BCUT2D eigenvalue weighted by Gasteiger charge is 1.93. The molecule has 1 N–H and O–H groups in total. The predicted molar refractivity (Wildman–Crippen MR) is 42.8 cm³/mol. The van der Waals surface area contributed by atoms with Gasteiger partial charge in [-0.15, -0.1) is 5.10 Å². The highest BCUT2D eigenvalue weighted by atomic mass is 33.1. The summed E-state index contributed by atoms with van der Waals surface area (Å²) in [7, 11) is 1.18. The number of aryl methyl sites for hydroxylation is 1. The zero-order valence-electron chi connectivity index (χ0n) is 5.31. The van der Waals surface area contributed by atoms with Crippen LogP contribution in [0.15, 0.2) is 17.2 Å².